The fourth-order valence-electron chi connectivity index (χ4n) is 1.25. The molecule has 2 N–H and O–H groups in total. The highest BCUT2D eigenvalue weighted by Crippen LogP contribution is 2.16. The minimum absolute atomic E-state index is 0.0280. The van der Waals surface area contributed by atoms with Gasteiger partial charge >= 0.3 is 0 Å². The monoisotopic (exact) mass is 144 g/mol. The van der Waals surface area contributed by atoms with Crippen LogP contribution >= 0.6 is 0 Å². The Kier molecular flexibility index (Phi) is 2.24. The quantitative estimate of drug-likeness (QED) is 0.419. The molecule has 58 valence electrons. The first-order chi connectivity index (χ1) is 4.77. The normalized spacial score (nSPS) is 32.8. The van der Waals surface area contributed by atoms with E-state index in [0.29, 0.717) is 6.54 Å². The summed E-state index contributed by atoms with van der Waals surface area (Å²) in [5.74, 6) is 4.97. The van der Waals surface area contributed by atoms with Gasteiger partial charge in [0.2, 0.25) is 6.41 Å². The molecule has 1 aliphatic rings. The molecule has 1 rings (SSSR count). The first-order valence-electron chi connectivity index (χ1n) is 3.34. The van der Waals surface area contributed by atoms with Gasteiger partial charge in [0.25, 0.3) is 0 Å². The molecule has 2 atom stereocenters. The molecule has 0 radical (unpaired) electrons. The number of nitrogens with zero attached hydrogens (tertiary/aromatic N) is 1. The van der Waals surface area contributed by atoms with Crippen molar-refractivity contribution < 1.29 is 9.63 Å². The Balaban J connectivity index is 2.43. The average molecular weight is 144 g/mol. The average Bonchev–Trinajstić information content (AvgIpc) is 2.30. The van der Waals surface area contributed by atoms with Crippen LogP contribution in [0.4, 0.5) is 0 Å². The fourth-order valence-corrected chi connectivity index (χ4v) is 1.25. The molecular weight excluding hydrogens is 132 g/mol. The highest BCUT2D eigenvalue weighted by atomic mass is 16.6. The second kappa shape index (κ2) is 2.98. The summed E-state index contributed by atoms with van der Waals surface area (Å²) in [5.41, 5.74) is 0. The third-order valence-electron chi connectivity index (χ3n) is 1.91. The second-order valence-electron chi connectivity index (χ2n) is 2.65. The van der Waals surface area contributed by atoms with Gasteiger partial charge in [0, 0.05) is 12.6 Å². The third-order valence-corrected chi connectivity index (χ3v) is 1.91. The van der Waals surface area contributed by atoms with E-state index in [1.54, 1.807) is 4.90 Å². The number of hydrogen-bond acceptors (Lipinski definition) is 3. The summed E-state index contributed by atoms with van der Waals surface area (Å²) in [6.45, 7) is 2.61. The van der Waals surface area contributed by atoms with Crippen LogP contribution in [0.5, 0.6) is 0 Å². The smallest absolute Gasteiger partial charge is 0.210 e. The largest absolute Gasteiger partial charge is 0.340 e. The van der Waals surface area contributed by atoms with Gasteiger partial charge in [-0.1, -0.05) is 0 Å². The van der Waals surface area contributed by atoms with Crippen molar-refractivity contribution in [2.75, 3.05) is 6.54 Å². The van der Waals surface area contributed by atoms with E-state index >= 15 is 0 Å². The molecular formula is C6H12N2O2. The van der Waals surface area contributed by atoms with Crippen molar-refractivity contribution in [3.8, 4) is 0 Å². The van der Waals surface area contributed by atoms with Gasteiger partial charge < -0.3 is 4.90 Å². The van der Waals surface area contributed by atoms with Crippen LogP contribution in [-0.4, -0.2) is 30.0 Å². The van der Waals surface area contributed by atoms with Gasteiger partial charge in [-0.25, -0.2) is 5.90 Å². The predicted octanol–water partition coefficient (Wildman–Crippen LogP) is -0.504. The maximum absolute atomic E-state index is 10.3. The lowest BCUT2D eigenvalue weighted by Gasteiger charge is -2.13. The van der Waals surface area contributed by atoms with Crippen LogP contribution < -0.4 is 5.90 Å². The number of carbonyl (C=O) groups excluding carboxylic acids is 1. The molecule has 1 aliphatic heterocycles. The summed E-state index contributed by atoms with van der Waals surface area (Å²) < 4.78 is 0. The molecule has 0 aromatic rings. The van der Waals surface area contributed by atoms with Gasteiger partial charge in [-0.2, -0.15) is 0 Å². The van der Waals surface area contributed by atoms with Gasteiger partial charge in [-0.3, -0.25) is 9.63 Å². The number of likely N-dealkylation sites (tertiary alicyclic amines) is 1. The van der Waals surface area contributed by atoms with Crippen LogP contribution in [0.2, 0.25) is 0 Å². The molecule has 1 fully saturated rings. The molecule has 10 heavy (non-hydrogen) atoms. The fraction of sp³-hybridized carbons (Fsp3) is 0.833. The molecule has 1 amide bonds. The Morgan fingerprint density at radius 2 is 2.50 bits per heavy atom. The lowest BCUT2D eigenvalue weighted by molar-refractivity contribution is -0.119. The summed E-state index contributed by atoms with van der Waals surface area (Å²) in [5, 5.41) is 0. The Labute approximate surface area is 59.9 Å². The van der Waals surface area contributed by atoms with Crippen molar-refractivity contribution in [3.63, 3.8) is 0 Å². The van der Waals surface area contributed by atoms with E-state index in [-0.39, 0.29) is 12.1 Å². The minimum atomic E-state index is 0.0280. The van der Waals surface area contributed by atoms with Crippen molar-refractivity contribution in [1.29, 1.82) is 0 Å². The van der Waals surface area contributed by atoms with Crippen molar-refractivity contribution in [1.82, 2.24) is 4.90 Å². The first-order valence-corrected chi connectivity index (χ1v) is 3.34. The molecule has 4 nitrogen and oxygen atoms in total. The standard InChI is InChI=1S/C6H12N2O2/c1-5-2-6(10-7)3-8(5)4-9/h4-6H,2-3,7H2,1H3. The maximum Gasteiger partial charge on any atom is 0.210 e. The third kappa shape index (κ3) is 1.27. The Bertz CT molecular complexity index is 129. The molecule has 0 aliphatic carbocycles. The second-order valence-corrected chi connectivity index (χ2v) is 2.65. The summed E-state index contributed by atoms with van der Waals surface area (Å²) in [4.78, 5) is 16.6. The highest BCUT2D eigenvalue weighted by Gasteiger charge is 2.27. The minimum Gasteiger partial charge on any atom is -0.340 e. The summed E-state index contributed by atoms with van der Waals surface area (Å²) in [7, 11) is 0. The number of carbonyl (C=O) groups is 1. The topological polar surface area (TPSA) is 55.6 Å². The Hall–Kier alpha value is -0.610. The van der Waals surface area contributed by atoms with Gasteiger partial charge in [0.05, 0.1) is 6.10 Å². The highest BCUT2D eigenvalue weighted by molar-refractivity contribution is 5.48. The zero-order valence-corrected chi connectivity index (χ0v) is 5.99. The van der Waals surface area contributed by atoms with Gasteiger partial charge in [-0.05, 0) is 13.3 Å². The Morgan fingerprint density at radius 3 is 2.80 bits per heavy atom. The van der Waals surface area contributed by atoms with Crippen LogP contribution in [0.25, 0.3) is 0 Å². The Morgan fingerprint density at radius 1 is 1.80 bits per heavy atom. The maximum atomic E-state index is 10.3. The summed E-state index contributed by atoms with van der Waals surface area (Å²) in [6.07, 6.45) is 1.71. The lowest BCUT2D eigenvalue weighted by Crippen LogP contribution is -2.26. The molecule has 0 bridgehead atoms. The number of nitrogens with two attached hydrogens (primary N) is 1. The van der Waals surface area contributed by atoms with Crippen molar-refractivity contribution in [2.24, 2.45) is 5.90 Å². The van der Waals surface area contributed by atoms with Crippen LogP contribution in [-0.2, 0) is 9.63 Å². The number of hydrogen-bond donors (Lipinski definition) is 1. The van der Waals surface area contributed by atoms with E-state index in [0.717, 1.165) is 12.8 Å². The zero-order valence-electron chi connectivity index (χ0n) is 5.99. The summed E-state index contributed by atoms with van der Waals surface area (Å²) >= 11 is 0. The van der Waals surface area contributed by atoms with Gasteiger partial charge in [0.1, 0.15) is 0 Å². The SMILES string of the molecule is CC1CC(ON)CN1C=O. The molecule has 4 heteroatoms. The van der Waals surface area contributed by atoms with E-state index in [2.05, 4.69) is 4.84 Å². The van der Waals surface area contributed by atoms with Crippen LogP contribution in [0.1, 0.15) is 13.3 Å². The number of amides is 1. The zero-order chi connectivity index (χ0) is 7.56. The van der Waals surface area contributed by atoms with Crippen LogP contribution in [0, 0.1) is 0 Å². The molecule has 1 heterocycles. The molecule has 0 spiro atoms. The van der Waals surface area contributed by atoms with Gasteiger partial charge in [-0.15, -0.1) is 0 Å². The molecule has 0 saturated carbocycles. The van der Waals surface area contributed by atoms with Crippen LogP contribution in [0.3, 0.4) is 0 Å². The molecule has 1 saturated heterocycles. The first kappa shape index (κ1) is 7.50. The molecule has 0 aromatic carbocycles. The molecule has 0 aromatic heterocycles. The summed E-state index contributed by atoms with van der Waals surface area (Å²) in [6, 6.07) is 0.269. The van der Waals surface area contributed by atoms with Crippen molar-refractivity contribution in [3.05, 3.63) is 0 Å². The molecule has 2 unspecified atom stereocenters. The van der Waals surface area contributed by atoms with Crippen LogP contribution in [0.15, 0.2) is 0 Å². The van der Waals surface area contributed by atoms with E-state index in [1.807, 2.05) is 6.92 Å². The predicted molar refractivity (Wildman–Crippen MR) is 35.9 cm³/mol. The number of rotatable bonds is 2. The van der Waals surface area contributed by atoms with Crippen molar-refractivity contribution in [2.45, 2.75) is 25.5 Å². The van der Waals surface area contributed by atoms with Crippen molar-refractivity contribution >= 4 is 6.41 Å². The van der Waals surface area contributed by atoms with E-state index in [9.17, 15) is 4.79 Å². The lowest BCUT2D eigenvalue weighted by atomic mass is 10.2. The van der Waals surface area contributed by atoms with E-state index in [4.69, 9.17) is 5.90 Å². The van der Waals surface area contributed by atoms with E-state index < -0.39 is 0 Å². The van der Waals surface area contributed by atoms with Gasteiger partial charge in [0.15, 0.2) is 0 Å². The van der Waals surface area contributed by atoms with E-state index in [1.165, 1.54) is 0 Å².